The van der Waals surface area contributed by atoms with Crippen LogP contribution in [0.15, 0.2) is 16.8 Å². The van der Waals surface area contributed by atoms with E-state index < -0.39 is 0 Å². The third-order valence-electron chi connectivity index (χ3n) is 3.02. The van der Waals surface area contributed by atoms with Crippen LogP contribution >= 0.6 is 11.3 Å². The van der Waals surface area contributed by atoms with Crippen molar-refractivity contribution in [2.75, 3.05) is 6.54 Å². The molecule has 2 aromatic heterocycles. The molecule has 3 nitrogen and oxygen atoms in total. The molecule has 0 aromatic carbocycles. The lowest BCUT2D eigenvalue weighted by molar-refractivity contribution is 0.845. The number of hydrogen-bond donors (Lipinski definition) is 1. The topological polar surface area (TPSA) is 51.8 Å². The Morgan fingerprint density at radius 1 is 1.17 bits per heavy atom. The fourth-order valence-corrected chi connectivity index (χ4v) is 2.76. The highest BCUT2D eigenvalue weighted by atomic mass is 32.1. The van der Waals surface area contributed by atoms with Crippen molar-refractivity contribution < 1.29 is 0 Å². The van der Waals surface area contributed by atoms with E-state index in [0.717, 1.165) is 42.0 Å². The smallest absolute Gasteiger partial charge is 0.160 e. The minimum atomic E-state index is 0.654. The van der Waals surface area contributed by atoms with Gasteiger partial charge in [-0.15, -0.1) is 0 Å². The Bertz CT molecular complexity index is 481. The van der Waals surface area contributed by atoms with Gasteiger partial charge in [-0.3, -0.25) is 0 Å². The summed E-state index contributed by atoms with van der Waals surface area (Å²) in [5.41, 5.74) is 10.3. The Balaban J connectivity index is 2.52. The highest BCUT2D eigenvalue weighted by molar-refractivity contribution is 7.08. The largest absolute Gasteiger partial charge is 0.330 e. The molecule has 0 radical (unpaired) electrons. The molecule has 0 aliphatic rings. The molecule has 2 heterocycles. The second-order valence-corrected chi connectivity index (χ2v) is 4.96. The van der Waals surface area contributed by atoms with Crippen molar-refractivity contribution in [2.24, 2.45) is 5.73 Å². The third-order valence-corrected chi connectivity index (χ3v) is 3.71. The molecule has 0 aliphatic heterocycles. The average Bonchev–Trinajstić information content (AvgIpc) is 2.93. The summed E-state index contributed by atoms with van der Waals surface area (Å²) in [5.74, 6) is 0.853. The van der Waals surface area contributed by atoms with Gasteiger partial charge < -0.3 is 5.73 Å². The Kier molecular flexibility index (Phi) is 4.44. The Hall–Kier alpha value is -1.26. The van der Waals surface area contributed by atoms with E-state index in [1.54, 1.807) is 11.3 Å². The molecule has 0 atom stereocenters. The Labute approximate surface area is 112 Å². The van der Waals surface area contributed by atoms with Gasteiger partial charge in [0.25, 0.3) is 0 Å². The second kappa shape index (κ2) is 6.07. The van der Waals surface area contributed by atoms with Gasteiger partial charge in [-0.05, 0) is 42.8 Å². The van der Waals surface area contributed by atoms with E-state index in [-0.39, 0.29) is 0 Å². The number of nitrogens with two attached hydrogens (primary N) is 1. The van der Waals surface area contributed by atoms with Crippen molar-refractivity contribution in [3.05, 3.63) is 33.8 Å². The van der Waals surface area contributed by atoms with Gasteiger partial charge in [0, 0.05) is 22.3 Å². The van der Waals surface area contributed by atoms with Crippen molar-refractivity contribution in [3.8, 4) is 11.4 Å². The molecule has 18 heavy (non-hydrogen) atoms. The minimum Gasteiger partial charge on any atom is -0.330 e. The summed E-state index contributed by atoms with van der Waals surface area (Å²) in [6.45, 7) is 4.93. The highest BCUT2D eigenvalue weighted by Crippen LogP contribution is 2.22. The lowest BCUT2D eigenvalue weighted by Crippen LogP contribution is -2.12. The molecule has 0 bridgehead atoms. The molecule has 2 rings (SSSR count). The van der Waals surface area contributed by atoms with E-state index in [0.29, 0.717) is 6.54 Å². The number of rotatable bonds is 5. The van der Waals surface area contributed by atoms with Gasteiger partial charge in [0.05, 0.1) is 0 Å². The van der Waals surface area contributed by atoms with E-state index in [4.69, 9.17) is 15.7 Å². The number of aryl methyl sites for hydroxylation is 2. The number of thiophene rings is 1. The lowest BCUT2D eigenvalue weighted by atomic mass is 10.0. The predicted octanol–water partition coefficient (Wildman–Crippen LogP) is 2.83. The van der Waals surface area contributed by atoms with Crippen LogP contribution in [-0.4, -0.2) is 16.5 Å². The van der Waals surface area contributed by atoms with E-state index in [2.05, 4.69) is 30.7 Å². The zero-order valence-electron chi connectivity index (χ0n) is 10.9. The first-order valence-corrected chi connectivity index (χ1v) is 7.35. The normalized spacial score (nSPS) is 10.8. The van der Waals surface area contributed by atoms with Crippen molar-refractivity contribution in [3.63, 3.8) is 0 Å². The molecule has 0 saturated heterocycles. The van der Waals surface area contributed by atoms with Crippen molar-refractivity contribution >= 4 is 11.3 Å². The minimum absolute atomic E-state index is 0.654. The quantitative estimate of drug-likeness (QED) is 0.900. The van der Waals surface area contributed by atoms with Crippen LogP contribution in [-0.2, 0) is 19.3 Å². The van der Waals surface area contributed by atoms with Crippen LogP contribution in [0.25, 0.3) is 11.4 Å². The summed E-state index contributed by atoms with van der Waals surface area (Å²) in [6.07, 6.45) is 2.74. The van der Waals surface area contributed by atoms with Crippen molar-refractivity contribution in [1.82, 2.24) is 9.97 Å². The highest BCUT2D eigenvalue weighted by Gasteiger charge is 2.12. The van der Waals surface area contributed by atoms with Crippen molar-refractivity contribution in [2.45, 2.75) is 33.1 Å². The molecule has 0 aliphatic carbocycles. The first-order chi connectivity index (χ1) is 8.80. The molecule has 4 heteroatoms. The lowest BCUT2D eigenvalue weighted by Gasteiger charge is -2.12. The van der Waals surface area contributed by atoms with Gasteiger partial charge >= 0.3 is 0 Å². The number of aromatic nitrogens is 2. The standard InChI is InChI=1S/C14H19N3S/c1-3-12-11(5-7-15)13(4-2)17-14(16-12)10-6-8-18-9-10/h6,8-9H,3-5,7,15H2,1-2H3. The van der Waals surface area contributed by atoms with Crippen molar-refractivity contribution in [1.29, 1.82) is 0 Å². The van der Waals surface area contributed by atoms with E-state index in [9.17, 15) is 0 Å². The maximum Gasteiger partial charge on any atom is 0.160 e. The molecular weight excluding hydrogens is 242 g/mol. The van der Waals surface area contributed by atoms with Crippen LogP contribution < -0.4 is 5.73 Å². The molecule has 0 fully saturated rings. The summed E-state index contributed by atoms with van der Waals surface area (Å²) in [5, 5.41) is 4.15. The number of nitrogens with zero attached hydrogens (tertiary/aromatic N) is 2. The maximum absolute atomic E-state index is 5.69. The Morgan fingerprint density at radius 2 is 1.83 bits per heavy atom. The first kappa shape index (κ1) is 13.2. The van der Waals surface area contributed by atoms with E-state index in [1.807, 2.05) is 0 Å². The van der Waals surface area contributed by atoms with Crippen LogP contribution in [0.3, 0.4) is 0 Å². The summed E-state index contributed by atoms with van der Waals surface area (Å²) >= 11 is 1.68. The first-order valence-electron chi connectivity index (χ1n) is 6.41. The molecule has 0 spiro atoms. The third kappa shape index (κ3) is 2.60. The van der Waals surface area contributed by atoms with Gasteiger partial charge in [-0.25, -0.2) is 9.97 Å². The van der Waals surface area contributed by atoms with Crippen LogP contribution in [0.5, 0.6) is 0 Å². The van der Waals surface area contributed by atoms with Gasteiger partial charge in [0.15, 0.2) is 5.82 Å². The summed E-state index contributed by atoms with van der Waals surface area (Å²) in [4.78, 5) is 9.40. The van der Waals surface area contributed by atoms with Gasteiger partial charge in [-0.1, -0.05) is 13.8 Å². The van der Waals surface area contributed by atoms with Crippen LogP contribution in [0.1, 0.15) is 30.8 Å². The van der Waals surface area contributed by atoms with E-state index in [1.165, 1.54) is 5.56 Å². The molecule has 2 aromatic rings. The zero-order chi connectivity index (χ0) is 13.0. The fraction of sp³-hybridized carbons (Fsp3) is 0.429. The average molecular weight is 261 g/mol. The molecule has 2 N–H and O–H groups in total. The summed E-state index contributed by atoms with van der Waals surface area (Å²) in [6, 6.07) is 2.07. The molecule has 0 unspecified atom stereocenters. The van der Waals surface area contributed by atoms with Gasteiger partial charge in [0.1, 0.15) is 0 Å². The van der Waals surface area contributed by atoms with E-state index >= 15 is 0 Å². The predicted molar refractivity (Wildman–Crippen MR) is 76.9 cm³/mol. The zero-order valence-corrected chi connectivity index (χ0v) is 11.8. The summed E-state index contributed by atoms with van der Waals surface area (Å²) in [7, 11) is 0. The molecular formula is C14H19N3S. The van der Waals surface area contributed by atoms with Crippen LogP contribution in [0, 0.1) is 0 Å². The molecule has 96 valence electrons. The van der Waals surface area contributed by atoms with Crippen LogP contribution in [0.2, 0.25) is 0 Å². The Morgan fingerprint density at radius 3 is 2.28 bits per heavy atom. The number of hydrogen-bond acceptors (Lipinski definition) is 4. The molecule has 0 saturated carbocycles. The monoisotopic (exact) mass is 261 g/mol. The van der Waals surface area contributed by atoms with Gasteiger partial charge in [-0.2, -0.15) is 11.3 Å². The maximum atomic E-state index is 5.69. The molecule has 0 amide bonds. The van der Waals surface area contributed by atoms with Gasteiger partial charge in [0.2, 0.25) is 0 Å². The van der Waals surface area contributed by atoms with Crippen LogP contribution in [0.4, 0.5) is 0 Å². The second-order valence-electron chi connectivity index (χ2n) is 4.18. The fourth-order valence-electron chi connectivity index (χ4n) is 2.12. The SMILES string of the molecule is CCc1nc(-c2ccsc2)nc(CC)c1CCN. The summed E-state index contributed by atoms with van der Waals surface area (Å²) < 4.78 is 0.